The summed E-state index contributed by atoms with van der Waals surface area (Å²) < 4.78 is 5.50. The predicted octanol–water partition coefficient (Wildman–Crippen LogP) is 3.57. The highest BCUT2D eigenvalue weighted by atomic mass is 16.5. The van der Waals surface area contributed by atoms with Crippen LogP contribution in [0.15, 0.2) is 48.5 Å². The summed E-state index contributed by atoms with van der Waals surface area (Å²) in [5.41, 5.74) is 4.37. The molecule has 8 heteroatoms. The van der Waals surface area contributed by atoms with Crippen LogP contribution in [0.2, 0.25) is 0 Å². The third kappa shape index (κ3) is 5.89. The molecule has 0 spiro atoms. The van der Waals surface area contributed by atoms with E-state index in [0.29, 0.717) is 19.3 Å². The molecule has 0 radical (unpaired) electrons. The lowest BCUT2D eigenvalue weighted by Gasteiger charge is -2.20. The molecule has 0 bridgehead atoms. The van der Waals surface area contributed by atoms with Crippen molar-refractivity contribution in [3.63, 3.8) is 0 Å². The van der Waals surface area contributed by atoms with Gasteiger partial charge in [0.05, 0.1) is 6.07 Å². The van der Waals surface area contributed by atoms with Crippen molar-refractivity contribution in [2.45, 2.75) is 50.6 Å². The maximum Gasteiger partial charge on any atom is 0.407 e. The summed E-state index contributed by atoms with van der Waals surface area (Å²) in [6, 6.07) is 15.9. The van der Waals surface area contributed by atoms with Crippen molar-refractivity contribution in [2.24, 2.45) is 0 Å². The molecule has 0 heterocycles. The van der Waals surface area contributed by atoms with Crippen molar-refractivity contribution in [2.75, 3.05) is 6.61 Å². The van der Waals surface area contributed by atoms with Crippen LogP contribution in [0.4, 0.5) is 4.79 Å². The lowest BCUT2D eigenvalue weighted by atomic mass is 9.98. The number of hydrogen-bond donors (Lipinski definition) is 3. The van der Waals surface area contributed by atoms with E-state index in [9.17, 15) is 14.4 Å². The quantitative estimate of drug-likeness (QED) is 0.476. The van der Waals surface area contributed by atoms with Gasteiger partial charge >= 0.3 is 12.1 Å². The van der Waals surface area contributed by atoms with Crippen LogP contribution >= 0.6 is 0 Å². The Hall–Kier alpha value is -3.86. The van der Waals surface area contributed by atoms with Crippen LogP contribution in [-0.2, 0) is 14.3 Å². The first-order valence-electron chi connectivity index (χ1n) is 10.9. The van der Waals surface area contributed by atoms with E-state index in [1.807, 2.05) is 54.6 Å². The molecule has 0 aliphatic heterocycles. The van der Waals surface area contributed by atoms with Gasteiger partial charge in [-0.25, -0.2) is 4.79 Å². The number of ether oxygens (including phenoxy) is 1. The average Bonchev–Trinajstić information content (AvgIpc) is 3.13. The van der Waals surface area contributed by atoms with E-state index >= 15 is 0 Å². The van der Waals surface area contributed by atoms with Gasteiger partial charge in [0.15, 0.2) is 0 Å². The highest BCUT2D eigenvalue weighted by molar-refractivity contribution is 5.89. The topological polar surface area (TPSA) is 129 Å². The first-order valence-corrected chi connectivity index (χ1v) is 10.9. The molecule has 8 nitrogen and oxygen atoms in total. The van der Waals surface area contributed by atoms with Gasteiger partial charge in [-0.1, -0.05) is 48.5 Å². The lowest BCUT2D eigenvalue weighted by molar-refractivity contribution is -0.141. The molecule has 1 aliphatic carbocycles. The molecular weight excluding hydrogens is 422 g/mol. The first kappa shape index (κ1) is 23.8. The number of amides is 2. The van der Waals surface area contributed by atoms with Gasteiger partial charge in [-0.3, -0.25) is 9.59 Å². The van der Waals surface area contributed by atoms with Crippen molar-refractivity contribution in [3.05, 3.63) is 59.7 Å². The number of alkyl carbamates (subject to hydrolysis) is 1. The fourth-order valence-electron chi connectivity index (χ4n) is 3.98. The molecule has 33 heavy (non-hydrogen) atoms. The summed E-state index contributed by atoms with van der Waals surface area (Å²) in [6.07, 6.45) is 0.951. The van der Waals surface area contributed by atoms with E-state index in [1.54, 1.807) is 0 Å². The highest BCUT2D eigenvalue weighted by Gasteiger charge is 2.30. The van der Waals surface area contributed by atoms with E-state index in [1.165, 1.54) is 6.92 Å². The van der Waals surface area contributed by atoms with Gasteiger partial charge in [0, 0.05) is 12.3 Å². The van der Waals surface area contributed by atoms with E-state index < -0.39 is 30.1 Å². The third-order valence-corrected chi connectivity index (χ3v) is 5.71. The van der Waals surface area contributed by atoms with Gasteiger partial charge in [0.2, 0.25) is 5.91 Å². The second-order valence-corrected chi connectivity index (χ2v) is 7.99. The number of unbranched alkanes of at least 4 members (excludes halogenated alkanes) is 2. The summed E-state index contributed by atoms with van der Waals surface area (Å²) in [5.74, 6) is -1.89. The number of hydrogen-bond acceptors (Lipinski definition) is 5. The van der Waals surface area contributed by atoms with Crippen LogP contribution in [0.1, 0.15) is 49.7 Å². The normalized spacial score (nSPS) is 13.7. The zero-order valence-corrected chi connectivity index (χ0v) is 18.4. The SMILES string of the molecule is C[C@@H](NC(=O)C(CCCCC#N)NC(=O)OCC1c2ccccc2-c2ccccc21)C(=O)O. The number of carbonyl (C=O) groups excluding carboxylic acids is 2. The summed E-state index contributed by atoms with van der Waals surface area (Å²) in [6.45, 7) is 1.45. The van der Waals surface area contributed by atoms with Crippen molar-refractivity contribution in [1.29, 1.82) is 5.26 Å². The fourth-order valence-corrected chi connectivity index (χ4v) is 3.98. The first-order chi connectivity index (χ1) is 15.9. The summed E-state index contributed by atoms with van der Waals surface area (Å²) >= 11 is 0. The van der Waals surface area contributed by atoms with Gasteiger partial charge in [-0.2, -0.15) is 5.26 Å². The van der Waals surface area contributed by atoms with Crippen molar-refractivity contribution < 1.29 is 24.2 Å². The molecule has 0 aromatic heterocycles. The smallest absolute Gasteiger partial charge is 0.407 e. The number of nitrogens with zero attached hydrogens (tertiary/aromatic N) is 1. The molecule has 2 aromatic rings. The molecule has 2 atom stereocenters. The van der Waals surface area contributed by atoms with Crippen LogP contribution in [-0.4, -0.2) is 41.8 Å². The van der Waals surface area contributed by atoms with E-state index in [2.05, 4.69) is 10.6 Å². The average molecular weight is 450 g/mol. The Morgan fingerprint density at radius 1 is 1.03 bits per heavy atom. The van der Waals surface area contributed by atoms with Gasteiger partial charge in [-0.15, -0.1) is 0 Å². The standard InChI is InChI=1S/C25H27N3O5/c1-16(24(30)31)27-23(29)22(13-3-2-8-14-26)28-25(32)33-15-21-19-11-6-4-9-17(19)18-10-5-7-12-20(18)21/h4-7,9-12,16,21-22H,2-3,8,13,15H2,1H3,(H,27,29)(H,28,32)(H,30,31)/t16-,22?/m1/s1. The number of rotatable bonds is 10. The molecule has 172 valence electrons. The largest absolute Gasteiger partial charge is 0.480 e. The lowest BCUT2D eigenvalue weighted by Crippen LogP contribution is -2.50. The molecule has 0 fully saturated rings. The van der Waals surface area contributed by atoms with Crippen LogP contribution in [0.5, 0.6) is 0 Å². The van der Waals surface area contributed by atoms with Crippen molar-refractivity contribution in [1.82, 2.24) is 10.6 Å². The van der Waals surface area contributed by atoms with Crippen LogP contribution in [0, 0.1) is 11.3 Å². The molecule has 3 N–H and O–H groups in total. The number of carboxylic acid groups (broad SMARTS) is 1. The second-order valence-electron chi connectivity index (χ2n) is 7.99. The van der Waals surface area contributed by atoms with E-state index in [-0.39, 0.29) is 18.9 Å². The third-order valence-electron chi connectivity index (χ3n) is 5.71. The number of benzene rings is 2. The molecule has 1 aliphatic rings. The maximum atomic E-state index is 12.6. The van der Waals surface area contributed by atoms with Crippen LogP contribution in [0.25, 0.3) is 11.1 Å². The zero-order valence-electron chi connectivity index (χ0n) is 18.4. The van der Waals surface area contributed by atoms with Gasteiger partial charge in [0.25, 0.3) is 0 Å². The minimum absolute atomic E-state index is 0.105. The van der Waals surface area contributed by atoms with Gasteiger partial charge < -0.3 is 20.5 Å². The number of carboxylic acids is 1. The van der Waals surface area contributed by atoms with E-state index in [0.717, 1.165) is 22.3 Å². The number of aliphatic carboxylic acids is 1. The Kier molecular flexibility index (Phi) is 8.03. The Labute approximate surface area is 192 Å². The maximum absolute atomic E-state index is 12.6. The number of nitrogens with one attached hydrogen (secondary N) is 2. The Morgan fingerprint density at radius 3 is 2.21 bits per heavy atom. The summed E-state index contributed by atoms with van der Waals surface area (Å²) in [5, 5.41) is 22.7. The number of nitriles is 1. The van der Waals surface area contributed by atoms with Crippen molar-refractivity contribution in [3.8, 4) is 17.2 Å². The monoisotopic (exact) mass is 449 g/mol. The molecule has 1 unspecified atom stereocenters. The Balaban J connectivity index is 1.64. The van der Waals surface area contributed by atoms with Gasteiger partial charge in [-0.05, 0) is 48.4 Å². The predicted molar refractivity (Wildman–Crippen MR) is 121 cm³/mol. The van der Waals surface area contributed by atoms with Crippen LogP contribution in [0.3, 0.4) is 0 Å². The molecular formula is C25H27N3O5. The molecule has 3 rings (SSSR count). The Bertz CT molecular complexity index is 1020. The summed E-state index contributed by atoms with van der Waals surface area (Å²) in [4.78, 5) is 36.2. The molecule has 2 aromatic carbocycles. The molecule has 0 saturated heterocycles. The molecule has 0 saturated carbocycles. The molecule has 2 amide bonds. The minimum Gasteiger partial charge on any atom is -0.480 e. The number of fused-ring (bicyclic) bond motifs is 3. The summed E-state index contributed by atoms with van der Waals surface area (Å²) in [7, 11) is 0. The Morgan fingerprint density at radius 2 is 1.64 bits per heavy atom. The highest BCUT2D eigenvalue weighted by Crippen LogP contribution is 2.44. The van der Waals surface area contributed by atoms with Gasteiger partial charge in [0.1, 0.15) is 18.7 Å². The van der Waals surface area contributed by atoms with E-state index in [4.69, 9.17) is 15.1 Å². The fraction of sp³-hybridized carbons (Fsp3) is 0.360. The zero-order chi connectivity index (χ0) is 23.8. The van der Waals surface area contributed by atoms with Crippen molar-refractivity contribution >= 4 is 18.0 Å². The minimum atomic E-state index is -1.17. The number of carbonyl (C=O) groups is 3. The second kappa shape index (κ2) is 11.1. The van der Waals surface area contributed by atoms with Crippen LogP contribution < -0.4 is 10.6 Å².